The van der Waals surface area contributed by atoms with Gasteiger partial charge in [0.2, 0.25) is 11.7 Å². The van der Waals surface area contributed by atoms with Crippen molar-refractivity contribution in [2.45, 2.75) is 38.6 Å². The fourth-order valence-corrected chi connectivity index (χ4v) is 3.00. The molecule has 7 heteroatoms. The lowest BCUT2D eigenvalue weighted by atomic mass is 10.1. The summed E-state index contributed by atoms with van der Waals surface area (Å²) in [7, 11) is 0. The van der Waals surface area contributed by atoms with Crippen molar-refractivity contribution >= 4 is 17.5 Å². The zero-order valence-electron chi connectivity index (χ0n) is 13.0. The number of carbonyl (C=O) groups excluding carboxylic acids is 1. The van der Waals surface area contributed by atoms with Gasteiger partial charge in [-0.3, -0.25) is 4.79 Å². The molecule has 1 aromatic heterocycles. The predicted octanol–water partition coefficient (Wildman–Crippen LogP) is 2.79. The van der Waals surface area contributed by atoms with E-state index in [1.54, 1.807) is 6.07 Å². The highest BCUT2D eigenvalue weighted by molar-refractivity contribution is 6.33. The van der Waals surface area contributed by atoms with Crippen LogP contribution in [-0.4, -0.2) is 44.1 Å². The van der Waals surface area contributed by atoms with Crippen molar-refractivity contribution in [3.8, 4) is 11.4 Å². The molecule has 0 N–H and O–H groups in total. The summed E-state index contributed by atoms with van der Waals surface area (Å²) in [5.41, 5.74) is 0.721. The van der Waals surface area contributed by atoms with Crippen molar-refractivity contribution in [3.05, 3.63) is 29.3 Å². The molecular formula is C16H20ClN5O. The van der Waals surface area contributed by atoms with Crippen molar-refractivity contribution in [1.82, 2.24) is 25.1 Å². The number of hydrogen-bond acceptors (Lipinski definition) is 4. The monoisotopic (exact) mass is 333 g/mol. The average Bonchev–Trinajstić information content (AvgIpc) is 2.95. The molecule has 122 valence electrons. The van der Waals surface area contributed by atoms with Gasteiger partial charge in [-0.05, 0) is 30.2 Å². The molecule has 6 nitrogen and oxygen atoms in total. The number of amides is 1. The third kappa shape index (κ3) is 4.07. The zero-order valence-corrected chi connectivity index (χ0v) is 13.7. The molecule has 1 fully saturated rings. The van der Waals surface area contributed by atoms with Gasteiger partial charge in [-0.1, -0.05) is 43.0 Å². The van der Waals surface area contributed by atoms with E-state index < -0.39 is 0 Å². The molecule has 0 spiro atoms. The van der Waals surface area contributed by atoms with Crippen LogP contribution in [0, 0.1) is 0 Å². The molecule has 0 atom stereocenters. The Morgan fingerprint density at radius 2 is 1.78 bits per heavy atom. The summed E-state index contributed by atoms with van der Waals surface area (Å²) < 4.78 is 0. The summed E-state index contributed by atoms with van der Waals surface area (Å²) in [6.07, 6.45) is 5.81. The second-order valence-corrected chi connectivity index (χ2v) is 6.18. The normalized spacial score (nSPS) is 16.0. The number of benzene rings is 1. The lowest BCUT2D eigenvalue weighted by Gasteiger charge is -2.24. The van der Waals surface area contributed by atoms with E-state index in [9.17, 15) is 4.79 Å². The second kappa shape index (κ2) is 7.55. The first-order valence-corrected chi connectivity index (χ1v) is 8.42. The number of aromatic nitrogens is 4. The summed E-state index contributed by atoms with van der Waals surface area (Å²) >= 11 is 6.14. The number of likely N-dealkylation sites (tertiary alicyclic amines) is 1. The molecule has 3 rings (SSSR count). The maximum atomic E-state index is 12.4. The SMILES string of the molecule is O=C(Cn1nnc(-c2ccccc2Cl)n1)N1CCCCCCC1. The Kier molecular flexibility index (Phi) is 5.23. The lowest BCUT2D eigenvalue weighted by molar-refractivity contribution is -0.132. The maximum Gasteiger partial charge on any atom is 0.246 e. The largest absolute Gasteiger partial charge is 0.341 e. The van der Waals surface area contributed by atoms with E-state index in [1.807, 2.05) is 23.1 Å². The highest BCUT2D eigenvalue weighted by Gasteiger charge is 2.17. The summed E-state index contributed by atoms with van der Waals surface area (Å²) in [6, 6.07) is 7.34. The van der Waals surface area contributed by atoms with Gasteiger partial charge in [-0.15, -0.1) is 10.2 Å². The smallest absolute Gasteiger partial charge is 0.246 e. The first kappa shape index (κ1) is 15.9. The first-order valence-electron chi connectivity index (χ1n) is 8.04. The van der Waals surface area contributed by atoms with Gasteiger partial charge in [0.15, 0.2) is 0 Å². The van der Waals surface area contributed by atoms with Gasteiger partial charge in [0, 0.05) is 18.7 Å². The van der Waals surface area contributed by atoms with Crippen LogP contribution in [0.15, 0.2) is 24.3 Å². The maximum absolute atomic E-state index is 12.4. The van der Waals surface area contributed by atoms with E-state index in [4.69, 9.17) is 11.6 Å². The second-order valence-electron chi connectivity index (χ2n) is 5.77. The number of nitrogens with zero attached hydrogens (tertiary/aromatic N) is 5. The Bertz CT molecular complexity index is 664. The van der Waals surface area contributed by atoms with E-state index >= 15 is 0 Å². The van der Waals surface area contributed by atoms with E-state index in [0.29, 0.717) is 10.8 Å². The fraction of sp³-hybridized carbons (Fsp3) is 0.500. The summed E-state index contributed by atoms with van der Waals surface area (Å²) in [5, 5.41) is 12.8. The third-order valence-electron chi connectivity index (χ3n) is 4.05. The Hall–Kier alpha value is -1.95. The van der Waals surface area contributed by atoms with Crippen LogP contribution in [0.3, 0.4) is 0 Å². The van der Waals surface area contributed by atoms with Gasteiger partial charge in [-0.2, -0.15) is 4.80 Å². The number of tetrazole rings is 1. The van der Waals surface area contributed by atoms with Crippen molar-refractivity contribution in [2.75, 3.05) is 13.1 Å². The van der Waals surface area contributed by atoms with Crippen molar-refractivity contribution < 1.29 is 4.79 Å². The van der Waals surface area contributed by atoms with Crippen LogP contribution < -0.4 is 0 Å². The highest BCUT2D eigenvalue weighted by Crippen LogP contribution is 2.23. The van der Waals surface area contributed by atoms with E-state index in [2.05, 4.69) is 15.4 Å². The van der Waals surface area contributed by atoms with Gasteiger partial charge in [0.25, 0.3) is 0 Å². The summed E-state index contributed by atoms with van der Waals surface area (Å²) in [6.45, 7) is 1.77. The fourth-order valence-electron chi connectivity index (χ4n) is 2.78. The number of halogens is 1. The minimum absolute atomic E-state index is 0.0509. The van der Waals surface area contributed by atoms with Crippen molar-refractivity contribution in [3.63, 3.8) is 0 Å². The van der Waals surface area contributed by atoms with E-state index in [1.165, 1.54) is 24.1 Å². The molecule has 1 saturated heterocycles. The minimum atomic E-state index is 0.0509. The number of carbonyl (C=O) groups is 1. The quantitative estimate of drug-likeness (QED) is 0.866. The van der Waals surface area contributed by atoms with Gasteiger partial charge in [0.1, 0.15) is 6.54 Å². The van der Waals surface area contributed by atoms with E-state index in [-0.39, 0.29) is 12.5 Å². The van der Waals surface area contributed by atoms with Crippen molar-refractivity contribution in [1.29, 1.82) is 0 Å². The molecule has 1 aliphatic heterocycles. The van der Waals surface area contributed by atoms with Crippen LogP contribution in [0.5, 0.6) is 0 Å². The topological polar surface area (TPSA) is 63.9 Å². The van der Waals surface area contributed by atoms with Gasteiger partial charge in [-0.25, -0.2) is 0 Å². The van der Waals surface area contributed by atoms with Gasteiger partial charge < -0.3 is 4.90 Å². The molecule has 1 amide bonds. The number of hydrogen-bond donors (Lipinski definition) is 0. The molecule has 0 aliphatic carbocycles. The van der Waals surface area contributed by atoms with Gasteiger partial charge >= 0.3 is 0 Å². The average molecular weight is 334 g/mol. The summed E-state index contributed by atoms with van der Waals surface area (Å²) in [4.78, 5) is 15.7. The highest BCUT2D eigenvalue weighted by atomic mass is 35.5. The molecule has 2 heterocycles. The predicted molar refractivity (Wildman–Crippen MR) is 87.9 cm³/mol. The Morgan fingerprint density at radius 1 is 1.09 bits per heavy atom. The standard InChI is InChI=1S/C16H20ClN5O/c17-14-9-5-4-8-13(14)16-18-20-22(19-16)12-15(23)21-10-6-2-1-3-7-11-21/h4-5,8-9H,1-3,6-7,10-12H2. The van der Waals surface area contributed by atoms with Crippen LogP contribution in [0.2, 0.25) is 5.02 Å². The molecule has 23 heavy (non-hydrogen) atoms. The van der Waals surface area contributed by atoms with Crippen LogP contribution in [0.1, 0.15) is 32.1 Å². The molecule has 0 unspecified atom stereocenters. The summed E-state index contributed by atoms with van der Waals surface area (Å²) in [5.74, 6) is 0.492. The van der Waals surface area contributed by atoms with Crippen LogP contribution in [0.25, 0.3) is 11.4 Å². The molecular weight excluding hydrogens is 314 g/mol. The zero-order chi connectivity index (χ0) is 16.1. The Morgan fingerprint density at radius 3 is 2.52 bits per heavy atom. The minimum Gasteiger partial charge on any atom is -0.341 e. The first-order chi connectivity index (χ1) is 11.2. The molecule has 1 aliphatic rings. The molecule has 0 radical (unpaired) electrons. The molecule has 0 saturated carbocycles. The van der Waals surface area contributed by atoms with Crippen molar-refractivity contribution in [2.24, 2.45) is 0 Å². The lowest BCUT2D eigenvalue weighted by Crippen LogP contribution is -2.36. The van der Waals surface area contributed by atoms with Crippen LogP contribution in [-0.2, 0) is 11.3 Å². The third-order valence-corrected chi connectivity index (χ3v) is 4.38. The Balaban J connectivity index is 1.66. The molecule has 2 aromatic rings. The molecule has 1 aromatic carbocycles. The van der Waals surface area contributed by atoms with Crippen LogP contribution >= 0.6 is 11.6 Å². The molecule has 0 bridgehead atoms. The van der Waals surface area contributed by atoms with E-state index in [0.717, 1.165) is 31.5 Å². The van der Waals surface area contributed by atoms with Crippen LogP contribution in [0.4, 0.5) is 0 Å². The number of rotatable bonds is 3. The Labute approximate surface area is 140 Å². The van der Waals surface area contributed by atoms with Gasteiger partial charge in [0.05, 0.1) is 5.02 Å².